The summed E-state index contributed by atoms with van der Waals surface area (Å²) in [6.45, 7) is 1.62. The summed E-state index contributed by atoms with van der Waals surface area (Å²) in [5.41, 5.74) is 0.390. The van der Waals surface area contributed by atoms with E-state index in [4.69, 9.17) is 4.55 Å². The molecule has 4 rings (SSSR count). The van der Waals surface area contributed by atoms with Crippen molar-refractivity contribution >= 4 is 61.4 Å². The van der Waals surface area contributed by atoms with Crippen molar-refractivity contribution in [1.82, 2.24) is 24.7 Å². The molecule has 2 atom stereocenters. The van der Waals surface area contributed by atoms with E-state index in [0.29, 0.717) is 17.5 Å². The van der Waals surface area contributed by atoms with Crippen LogP contribution >= 0.6 is 11.3 Å². The minimum atomic E-state index is -4.74. The first kappa shape index (κ1) is 28.0. The van der Waals surface area contributed by atoms with E-state index in [0.717, 1.165) is 9.60 Å². The third kappa shape index (κ3) is 5.26. The maximum atomic E-state index is 13.2. The zero-order chi connectivity index (χ0) is 25.5. The first-order valence-corrected chi connectivity index (χ1v) is 12.8. The topological polar surface area (TPSA) is 173 Å². The maximum Gasteiger partial charge on any atom is 1.00 e. The molecule has 0 radical (unpaired) electrons. The van der Waals surface area contributed by atoms with Crippen molar-refractivity contribution in [3.63, 3.8) is 0 Å². The van der Waals surface area contributed by atoms with Crippen molar-refractivity contribution in [3.05, 3.63) is 35.2 Å². The van der Waals surface area contributed by atoms with E-state index >= 15 is 0 Å². The van der Waals surface area contributed by atoms with Crippen LogP contribution in [0.15, 0.2) is 29.6 Å². The van der Waals surface area contributed by atoms with Crippen LogP contribution in [0.3, 0.4) is 0 Å². The number of amides is 6. The molecular weight excluding hydrogens is 525 g/mol. The van der Waals surface area contributed by atoms with Gasteiger partial charge in [-0.25, -0.2) is 9.10 Å². The van der Waals surface area contributed by atoms with Crippen molar-refractivity contribution in [1.29, 1.82) is 0 Å². The Labute approximate surface area is 233 Å². The maximum absolute atomic E-state index is 13.2. The molecule has 0 spiro atoms. The van der Waals surface area contributed by atoms with E-state index in [1.807, 2.05) is 6.07 Å². The van der Waals surface area contributed by atoms with Gasteiger partial charge in [0.2, 0.25) is 5.91 Å². The zero-order valence-corrected chi connectivity index (χ0v) is 23.0. The van der Waals surface area contributed by atoms with E-state index in [1.54, 1.807) is 30.5 Å². The van der Waals surface area contributed by atoms with Gasteiger partial charge < -0.3 is 17.0 Å². The molecule has 0 saturated carbocycles. The summed E-state index contributed by atoms with van der Waals surface area (Å²) in [5.74, 6) is -3.72. The minimum absolute atomic E-state index is 0. The number of piperazine rings is 1. The van der Waals surface area contributed by atoms with Gasteiger partial charge in [-0.1, -0.05) is 18.2 Å². The fourth-order valence-electron chi connectivity index (χ4n) is 3.84. The number of carbonyl (C=O) groups is 5. The fraction of sp³-hybridized carbons (Fsp3) is 0.350. The fourth-order valence-corrected chi connectivity index (χ4v) is 5.52. The molecule has 2 aliphatic heterocycles. The normalized spacial score (nSPS) is 19.0. The molecule has 0 aliphatic carbocycles. The summed E-state index contributed by atoms with van der Waals surface area (Å²) >= 11 is 1.31. The number of imide groups is 1. The van der Waals surface area contributed by atoms with Gasteiger partial charge in [0, 0.05) is 29.9 Å². The Morgan fingerprint density at radius 3 is 2.53 bits per heavy atom. The quantitative estimate of drug-likeness (QED) is 0.145. The summed E-state index contributed by atoms with van der Waals surface area (Å²) < 4.78 is 32.4. The van der Waals surface area contributed by atoms with Gasteiger partial charge >= 0.3 is 57.7 Å². The van der Waals surface area contributed by atoms with Gasteiger partial charge in [-0.15, -0.1) is 11.3 Å². The van der Waals surface area contributed by atoms with Crippen LogP contribution in [0.1, 0.15) is 20.0 Å². The van der Waals surface area contributed by atoms with Gasteiger partial charge in [0.15, 0.2) is 0 Å². The number of urea groups is 1. The van der Waals surface area contributed by atoms with E-state index in [-0.39, 0.29) is 48.4 Å². The second kappa shape index (κ2) is 10.8. The molecule has 2 unspecified atom stereocenters. The monoisotopic (exact) mass is 547 g/mol. The van der Waals surface area contributed by atoms with Crippen molar-refractivity contribution in [2.75, 3.05) is 26.2 Å². The molecule has 2 fully saturated rings. The van der Waals surface area contributed by atoms with Gasteiger partial charge in [0.25, 0.3) is 5.91 Å². The van der Waals surface area contributed by atoms with E-state index in [9.17, 15) is 32.4 Å². The molecular formula is C20H22N5NaO8S2. The summed E-state index contributed by atoms with van der Waals surface area (Å²) in [6, 6.07) is 3.52. The predicted octanol–water partition coefficient (Wildman–Crippen LogP) is -3.41. The second-order valence-corrected chi connectivity index (χ2v) is 10.1. The summed E-state index contributed by atoms with van der Waals surface area (Å²) in [5, 5.41) is 7.14. The molecule has 6 amide bonds. The summed E-state index contributed by atoms with van der Waals surface area (Å²) in [6.07, 6.45) is 0. The number of hydrogen-bond donors (Lipinski definition) is 3. The Hall–Kier alpha value is -2.56. The first-order valence-electron chi connectivity index (χ1n) is 10.5. The number of benzene rings is 1. The van der Waals surface area contributed by atoms with Crippen LogP contribution in [0.25, 0.3) is 10.1 Å². The van der Waals surface area contributed by atoms with Gasteiger partial charge in [0.1, 0.15) is 12.1 Å². The van der Waals surface area contributed by atoms with Crippen LogP contribution in [0.2, 0.25) is 0 Å². The number of thiophene rings is 1. The van der Waals surface area contributed by atoms with E-state index in [1.165, 1.54) is 16.2 Å². The van der Waals surface area contributed by atoms with Crippen molar-refractivity contribution in [2.24, 2.45) is 0 Å². The number of rotatable bonds is 6. The third-order valence-corrected chi connectivity index (χ3v) is 7.64. The van der Waals surface area contributed by atoms with Crippen LogP contribution in [-0.2, 0) is 29.5 Å². The molecule has 2 aromatic rings. The van der Waals surface area contributed by atoms with Crippen molar-refractivity contribution in [2.45, 2.75) is 19.0 Å². The summed E-state index contributed by atoms with van der Waals surface area (Å²) in [7, 11) is -4.74. The van der Waals surface area contributed by atoms with Gasteiger partial charge in [0.05, 0.1) is 6.54 Å². The smallest absolute Gasteiger partial charge is 1.00 e. The Morgan fingerprint density at radius 2 is 1.89 bits per heavy atom. The number of β-lactam (4-membered cyclic amide) rings is 1. The zero-order valence-electron chi connectivity index (χ0n) is 20.3. The number of hydrogen-bond acceptors (Lipinski definition) is 8. The molecule has 188 valence electrons. The standard InChI is InChI=1S/C20H21N5O8S2.Na.H/c1-2-23-7-8-24(19(29)18(23)28)20(30)22-15(12-10-34-14-6-4-3-5-11(12)14)16(26)21-13-9-25(17(13)27)35(31,32)33;;/h3-6,10,13,15H,2,7-9H2,1H3,(H,21,26)(H,22,30)(H,31,32,33);;/q;+1;-1. The molecule has 1 aromatic carbocycles. The number of fused-ring (bicyclic) bond motifs is 1. The summed E-state index contributed by atoms with van der Waals surface area (Å²) in [4.78, 5) is 64.9. The average molecular weight is 548 g/mol. The molecule has 36 heavy (non-hydrogen) atoms. The molecule has 13 nitrogen and oxygen atoms in total. The third-order valence-electron chi connectivity index (χ3n) is 5.77. The Balaban J connectivity index is 0.00000241. The van der Waals surface area contributed by atoms with Crippen LogP contribution < -0.4 is 40.2 Å². The molecule has 1 aromatic heterocycles. The number of carbonyl (C=O) groups excluding carboxylic acids is 5. The number of likely N-dealkylation sites (N-methyl/N-ethyl adjacent to an activating group) is 1. The largest absolute Gasteiger partial charge is 1.00 e. The van der Waals surface area contributed by atoms with Gasteiger partial charge in [-0.2, -0.15) is 8.42 Å². The Kier molecular flexibility index (Phi) is 8.42. The molecule has 2 saturated heterocycles. The number of nitrogens with one attached hydrogen (secondary N) is 2. The first-order chi connectivity index (χ1) is 16.5. The van der Waals surface area contributed by atoms with Crippen LogP contribution in [0.4, 0.5) is 4.79 Å². The molecule has 3 heterocycles. The Morgan fingerprint density at radius 1 is 1.19 bits per heavy atom. The Bertz CT molecular complexity index is 1350. The predicted molar refractivity (Wildman–Crippen MR) is 123 cm³/mol. The second-order valence-electron chi connectivity index (χ2n) is 7.82. The van der Waals surface area contributed by atoms with Crippen LogP contribution in [0.5, 0.6) is 0 Å². The molecule has 16 heteroatoms. The van der Waals surface area contributed by atoms with Crippen molar-refractivity contribution in [3.8, 4) is 0 Å². The molecule has 2 aliphatic rings. The van der Waals surface area contributed by atoms with Crippen LogP contribution in [0, 0.1) is 0 Å². The van der Waals surface area contributed by atoms with Crippen LogP contribution in [-0.4, -0.2) is 89.0 Å². The molecule has 0 bridgehead atoms. The van der Waals surface area contributed by atoms with Gasteiger partial charge in [-0.3, -0.25) is 28.6 Å². The van der Waals surface area contributed by atoms with E-state index < -0.39 is 58.6 Å². The minimum Gasteiger partial charge on any atom is -1.00 e. The number of nitrogens with zero attached hydrogens (tertiary/aromatic N) is 3. The van der Waals surface area contributed by atoms with Gasteiger partial charge in [-0.05, 0) is 23.8 Å². The van der Waals surface area contributed by atoms with Crippen molar-refractivity contribution < 1.29 is 67.9 Å². The molecule has 3 N–H and O–H groups in total. The van der Waals surface area contributed by atoms with E-state index in [2.05, 4.69) is 10.6 Å². The SMILES string of the molecule is CCN1CCN(C(=O)NC(C(=O)NC2CN(S(=O)(=O)O)C2=O)c2csc3ccccc23)C(=O)C1=O.[H-].[Na+]. The average Bonchev–Trinajstić information content (AvgIpc) is 3.24.